The molecule has 0 heterocycles. The molecule has 0 amide bonds. The minimum Gasteiger partial charge on any atom is -0.497 e. The van der Waals surface area contributed by atoms with E-state index >= 15 is 0 Å². The number of carbonyl (C=O) groups is 1. The van der Waals surface area contributed by atoms with Crippen molar-refractivity contribution in [2.45, 2.75) is 20.3 Å². The van der Waals surface area contributed by atoms with Gasteiger partial charge in [-0.05, 0) is 17.7 Å². The van der Waals surface area contributed by atoms with Gasteiger partial charge >= 0.3 is 0 Å². The lowest BCUT2D eigenvalue weighted by Crippen LogP contribution is -2.33. The summed E-state index contributed by atoms with van der Waals surface area (Å²) in [7, 11) is 1.62. The zero-order valence-electron chi connectivity index (χ0n) is 10.1. The molecule has 0 saturated carbocycles. The Kier molecular flexibility index (Phi) is 4.07. The van der Waals surface area contributed by atoms with Gasteiger partial charge in [-0.2, -0.15) is 0 Å². The average Bonchev–Trinajstić information content (AvgIpc) is 2.29. The third kappa shape index (κ3) is 3.07. The largest absolute Gasteiger partial charge is 0.497 e. The lowest BCUT2D eigenvalue weighted by Gasteiger charge is -2.20. The molecule has 0 fully saturated rings. The van der Waals surface area contributed by atoms with E-state index in [0.29, 0.717) is 13.0 Å². The van der Waals surface area contributed by atoms with Gasteiger partial charge < -0.3 is 10.5 Å². The van der Waals surface area contributed by atoms with Crippen molar-refractivity contribution in [3.8, 4) is 5.75 Å². The second kappa shape index (κ2) is 5.12. The number of rotatable bonds is 5. The summed E-state index contributed by atoms with van der Waals surface area (Å²) < 4.78 is 5.11. The zero-order chi connectivity index (χ0) is 12.2. The molecule has 0 aromatic heterocycles. The van der Waals surface area contributed by atoms with E-state index in [-0.39, 0.29) is 5.78 Å². The van der Waals surface area contributed by atoms with E-state index < -0.39 is 5.41 Å². The van der Waals surface area contributed by atoms with Crippen molar-refractivity contribution in [2.75, 3.05) is 13.7 Å². The minimum absolute atomic E-state index is 0.156. The third-order valence-corrected chi connectivity index (χ3v) is 2.76. The topological polar surface area (TPSA) is 52.3 Å². The van der Waals surface area contributed by atoms with Crippen LogP contribution < -0.4 is 10.5 Å². The van der Waals surface area contributed by atoms with Crippen molar-refractivity contribution < 1.29 is 9.53 Å². The number of carbonyl (C=O) groups excluding carboxylic acids is 1. The van der Waals surface area contributed by atoms with Crippen LogP contribution in [0.2, 0.25) is 0 Å². The molecule has 2 N–H and O–H groups in total. The van der Waals surface area contributed by atoms with Gasteiger partial charge in [0.2, 0.25) is 0 Å². The molecule has 0 aliphatic rings. The first-order valence-corrected chi connectivity index (χ1v) is 5.36. The number of hydrogen-bond acceptors (Lipinski definition) is 3. The normalized spacial score (nSPS) is 11.2. The van der Waals surface area contributed by atoms with Crippen molar-refractivity contribution in [1.82, 2.24) is 0 Å². The highest BCUT2D eigenvalue weighted by Crippen LogP contribution is 2.19. The Morgan fingerprint density at radius 2 is 2.12 bits per heavy atom. The van der Waals surface area contributed by atoms with Crippen LogP contribution in [0, 0.1) is 5.41 Å². The van der Waals surface area contributed by atoms with E-state index in [0.717, 1.165) is 11.3 Å². The Labute approximate surface area is 96.6 Å². The first kappa shape index (κ1) is 12.7. The monoisotopic (exact) mass is 221 g/mol. The Morgan fingerprint density at radius 3 is 2.69 bits per heavy atom. The van der Waals surface area contributed by atoms with Gasteiger partial charge in [-0.15, -0.1) is 0 Å². The minimum atomic E-state index is -0.455. The molecule has 88 valence electrons. The second-order valence-electron chi connectivity index (χ2n) is 4.54. The summed E-state index contributed by atoms with van der Waals surface area (Å²) in [5, 5.41) is 0. The maximum absolute atomic E-state index is 11.9. The Bertz CT molecular complexity index is 372. The molecule has 0 saturated heterocycles. The van der Waals surface area contributed by atoms with Gasteiger partial charge in [0.1, 0.15) is 11.5 Å². The van der Waals surface area contributed by atoms with Crippen LogP contribution in [-0.4, -0.2) is 19.4 Å². The fourth-order valence-corrected chi connectivity index (χ4v) is 1.32. The number of methoxy groups -OCH3 is 1. The van der Waals surface area contributed by atoms with Crippen LogP contribution >= 0.6 is 0 Å². The van der Waals surface area contributed by atoms with Crippen LogP contribution in [0.15, 0.2) is 24.3 Å². The number of benzene rings is 1. The molecule has 3 heteroatoms. The van der Waals surface area contributed by atoms with Crippen LogP contribution in [0.25, 0.3) is 0 Å². The highest BCUT2D eigenvalue weighted by atomic mass is 16.5. The molecule has 0 aliphatic carbocycles. The lowest BCUT2D eigenvalue weighted by molar-refractivity contribution is -0.125. The standard InChI is InChI=1S/C13H19NO2/c1-13(2,9-14)12(15)8-10-5-4-6-11(7-10)16-3/h4-7H,8-9,14H2,1-3H3. The summed E-state index contributed by atoms with van der Waals surface area (Å²) in [6.07, 6.45) is 0.404. The number of hydrogen-bond donors (Lipinski definition) is 1. The number of Topliss-reactive ketones (excluding diaryl/α,β-unsaturated/α-hetero) is 1. The highest BCUT2D eigenvalue weighted by molar-refractivity contribution is 5.86. The summed E-state index contributed by atoms with van der Waals surface area (Å²) in [5.74, 6) is 0.930. The SMILES string of the molecule is COc1cccc(CC(=O)C(C)(C)CN)c1. The van der Waals surface area contributed by atoms with E-state index in [1.54, 1.807) is 7.11 Å². The Hall–Kier alpha value is -1.35. The molecule has 0 bridgehead atoms. The molecule has 1 aromatic carbocycles. The summed E-state index contributed by atoms with van der Waals surface area (Å²) in [4.78, 5) is 11.9. The fraction of sp³-hybridized carbons (Fsp3) is 0.462. The van der Waals surface area contributed by atoms with Gasteiger partial charge in [0, 0.05) is 18.4 Å². The van der Waals surface area contributed by atoms with Crippen LogP contribution in [0.3, 0.4) is 0 Å². The molecule has 0 unspecified atom stereocenters. The Balaban J connectivity index is 2.77. The maximum Gasteiger partial charge on any atom is 0.144 e. The van der Waals surface area contributed by atoms with Crippen molar-refractivity contribution in [3.05, 3.63) is 29.8 Å². The summed E-state index contributed by atoms with van der Waals surface area (Å²) in [5.41, 5.74) is 6.08. The van der Waals surface area contributed by atoms with Crippen molar-refractivity contribution in [2.24, 2.45) is 11.1 Å². The quantitative estimate of drug-likeness (QED) is 0.824. The maximum atomic E-state index is 11.9. The summed E-state index contributed by atoms with van der Waals surface area (Å²) in [6, 6.07) is 7.55. The summed E-state index contributed by atoms with van der Waals surface area (Å²) >= 11 is 0. The molecule has 0 spiro atoms. The molecular formula is C13H19NO2. The predicted molar refractivity (Wildman–Crippen MR) is 64.5 cm³/mol. The zero-order valence-corrected chi connectivity index (χ0v) is 10.1. The molecule has 16 heavy (non-hydrogen) atoms. The van der Waals surface area contributed by atoms with Gasteiger partial charge in [-0.25, -0.2) is 0 Å². The average molecular weight is 221 g/mol. The summed E-state index contributed by atoms with van der Waals surface area (Å²) in [6.45, 7) is 4.11. The van der Waals surface area contributed by atoms with Crippen LogP contribution in [-0.2, 0) is 11.2 Å². The van der Waals surface area contributed by atoms with E-state index in [4.69, 9.17) is 10.5 Å². The molecule has 0 radical (unpaired) electrons. The van der Waals surface area contributed by atoms with Gasteiger partial charge in [0.05, 0.1) is 7.11 Å². The molecule has 0 atom stereocenters. The van der Waals surface area contributed by atoms with Crippen LogP contribution in [0.1, 0.15) is 19.4 Å². The molecule has 1 rings (SSSR count). The first-order valence-electron chi connectivity index (χ1n) is 5.36. The lowest BCUT2D eigenvalue weighted by atomic mass is 9.85. The first-order chi connectivity index (χ1) is 7.49. The Morgan fingerprint density at radius 1 is 1.44 bits per heavy atom. The third-order valence-electron chi connectivity index (χ3n) is 2.76. The molecular weight excluding hydrogens is 202 g/mol. The van der Waals surface area contributed by atoms with Gasteiger partial charge in [0.15, 0.2) is 0 Å². The highest BCUT2D eigenvalue weighted by Gasteiger charge is 2.25. The van der Waals surface area contributed by atoms with Gasteiger partial charge in [0.25, 0.3) is 0 Å². The molecule has 0 aliphatic heterocycles. The van der Waals surface area contributed by atoms with E-state index in [9.17, 15) is 4.79 Å². The van der Waals surface area contributed by atoms with E-state index in [2.05, 4.69) is 0 Å². The van der Waals surface area contributed by atoms with Crippen molar-refractivity contribution in [1.29, 1.82) is 0 Å². The smallest absolute Gasteiger partial charge is 0.144 e. The van der Waals surface area contributed by atoms with Crippen molar-refractivity contribution >= 4 is 5.78 Å². The van der Waals surface area contributed by atoms with Crippen molar-refractivity contribution in [3.63, 3.8) is 0 Å². The predicted octanol–water partition coefficient (Wildman–Crippen LogP) is 1.79. The van der Waals surface area contributed by atoms with E-state index in [1.807, 2.05) is 38.1 Å². The van der Waals surface area contributed by atoms with E-state index in [1.165, 1.54) is 0 Å². The number of ketones is 1. The number of ether oxygens (including phenoxy) is 1. The van der Waals surface area contributed by atoms with Crippen LogP contribution in [0.5, 0.6) is 5.75 Å². The fourth-order valence-electron chi connectivity index (χ4n) is 1.32. The van der Waals surface area contributed by atoms with Gasteiger partial charge in [-0.3, -0.25) is 4.79 Å². The second-order valence-corrected chi connectivity index (χ2v) is 4.54. The number of nitrogens with two attached hydrogens (primary N) is 1. The van der Waals surface area contributed by atoms with Crippen LogP contribution in [0.4, 0.5) is 0 Å². The van der Waals surface area contributed by atoms with Gasteiger partial charge in [-0.1, -0.05) is 26.0 Å². The molecule has 3 nitrogen and oxygen atoms in total. The molecule has 1 aromatic rings.